The average molecular weight is 281 g/mol. The largest absolute Gasteiger partial charge is 0.392 e. The maximum Gasteiger partial charge on any atom is 0.178 e. The summed E-state index contributed by atoms with van der Waals surface area (Å²) in [5.41, 5.74) is 2.30. The van der Waals surface area contributed by atoms with Crippen molar-refractivity contribution in [2.45, 2.75) is 25.3 Å². The van der Waals surface area contributed by atoms with Crippen molar-refractivity contribution in [2.24, 2.45) is 0 Å². The summed E-state index contributed by atoms with van der Waals surface area (Å²) in [6.07, 6.45) is 3.79. The van der Waals surface area contributed by atoms with E-state index < -0.39 is 9.84 Å². The molecule has 19 heavy (non-hydrogen) atoms. The fraction of sp³-hybridized carbons (Fsp3) is 0.333. The lowest BCUT2D eigenvalue weighted by molar-refractivity contribution is 0.280. The Labute approximate surface area is 111 Å². The van der Waals surface area contributed by atoms with Crippen LogP contribution in [-0.4, -0.2) is 34.5 Å². The molecule has 2 aromatic rings. The van der Waals surface area contributed by atoms with Gasteiger partial charge < -0.3 is 5.11 Å². The quantitative estimate of drug-likeness (QED) is 0.898. The van der Waals surface area contributed by atoms with Gasteiger partial charge in [0.1, 0.15) is 4.90 Å². The van der Waals surface area contributed by atoms with Gasteiger partial charge in [-0.2, -0.15) is 5.10 Å². The molecule has 102 valence electrons. The molecule has 0 fully saturated rings. The predicted octanol–water partition coefficient (Wildman–Crippen LogP) is 0.780. The van der Waals surface area contributed by atoms with Crippen LogP contribution < -0.4 is 0 Å². The van der Waals surface area contributed by atoms with Gasteiger partial charge in [-0.1, -0.05) is 0 Å². The molecule has 0 aromatic carbocycles. The second-order valence-corrected chi connectivity index (χ2v) is 6.45. The van der Waals surface area contributed by atoms with Crippen molar-refractivity contribution >= 4 is 9.84 Å². The highest BCUT2D eigenvalue weighted by molar-refractivity contribution is 7.90. The van der Waals surface area contributed by atoms with Gasteiger partial charge in [-0.05, 0) is 25.5 Å². The lowest BCUT2D eigenvalue weighted by Crippen LogP contribution is -2.07. The van der Waals surface area contributed by atoms with E-state index in [2.05, 4.69) is 10.1 Å². The van der Waals surface area contributed by atoms with Crippen LogP contribution in [-0.2, 0) is 16.4 Å². The number of sulfone groups is 1. The van der Waals surface area contributed by atoms with E-state index >= 15 is 0 Å². The zero-order valence-corrected chi connectivity index (χ0v) is 11.8. The first-order chi connectivity index (χ1) is 8.82. The molecule has 0 spiro atoms. The minimum atomic E-state index is -3.30. The number of aryl methyl sites for hydroxylation is 2. The van der Waals surface area contributed by atoms with E-state index in [4.69, 9.17) is 0 Å². The second kappa shape index (κ2) is 4.75. The maximum absolute atomic E-state index is 11.4. The topological polar surface area (TPSA) is 85.1 Å². The second-order valence-electron chi connectivity index (χ2n) is 4.43. The molecule has 2 aromatic heterocycles. The van der Waals surface area contributed by atoms with Crippen molar-refractivity contribution in [3.63, 3.8) is 0 Å². The fourth-order valence-electron chi connectivity index (χ4n) is 1.84. The average Bonchev–Trinajstić information content (AvgIpc) is 2.76. The molecule has 0 radical (unpaired) electrons. The maximum atomic E-state index is 11.4. The van der Waals surface area contributed by atoms with Gasteiger partial charge >= 0.3 is 0 Å². The first-order valence-corrected chi connectivity index (χ1v) is 7.55. The Hall–Kier alpha value is -1.73. The molecule has 0 amide bonds. The monoisotopic (exact) mass is 281 g/mol. The summed E-state index contributed by atoms with van der Waals surface area (Å²) in [5, 5.41) is 13.4. The Bertz CT molecular complexity index is 720. The third-order valence-electron chi connectivity index (χ3n) is 2.82. The highest BCUT2D eigenvalue weighted by Gasteiger charge is 2.15. The molecule has 0 saturated heterocycles. The number of hydrogen-bond acceptors (Lipinski definition) is 5. The molecule has 0 unspecified atom stereocenters. The summed E-state index contributed by atoms with van der Waals surface area (Å²) < 4.78 is 24.3. The molecule has 2 heterocycles. The molecular weight excluding hydrogens is 266 g/mol. The SMILES string of the molecule is Cc1cc(C)c(CO)c(-n2cc(S(C)(=O)=O)cn2)n1. The minimum Gasteiger partial charge on any atom is -0.392 e. The van der Waals surface area contributed by atoms with E-state index in [1.165, 1.54) is 17.1 Å². The highest BCUT2D eigenvalue weighted by Crippen LogP contribution is 2.19. The Balaban J connectivity index is 2.62. The summed E-state index contributed by atoms with van der Waals surface area (Å²) in [4.78, 5) is 4.44. The van der Waals surface area contributed by atoms with E-state index in [1.807, 2.05) is 19.9 Å². The van der Waals surface area contributed by atoms with Crippen LogP contribution in [0.5, 0.6) is 0 Å². The van der Waals surface area contributed by atoms with Gasteiger partial charge in [-0.25, -0.2) is 18.1 Å². The van der Waals surface area contributed by atoms with Crippen LogP contribution in [0.25, 0.3) is 5.82 Å². The summed E-state index contributed by atoms with van der Waals surface area (Å²) in [6, 6.07) is 1.86. The van der Waals surface area contributed by atoms with Crippen molar-refractivity contribution in [1.82, 2.24) is 14.8 Å². The van der Waals surface area contributed by atoms with Crippen LogP contribution in [0.1, 0.15) is 16.8 Å². The Morgan fingerprint density at radius 1 is 1.37 bits per heavy atom. The molecule has 0 aliphatic carbocycles. The fourth-order valence-corrected chi connectivity index (χ4v) is 2.37. The van der Waals surface area contributed by atoms with Crippen LogP contribution in [0.4, 0.5) is 0 Å². The predicted molar refractivity (Wildman–Crippen MR) is 69.9 cm³/mol. The van der Waals surface area contributed by atoms with Gasteiger partial charge in [0.2, 0.25) is 0 Å². The van der Waals surface area contributed by atoms with Crippen molar-refractivity contribution in [3.8, 4) is 5.82 Å². The van der Waals surface area contributed by atoms with E-state index in [1.54, 1.807) is 0 Å². The van der Waals surface area contributed by atoms with Gasteiger partial charge in [-0.3, -0.25) is 0 Å². The zero-order chi connectivity index (χ0) is 14.2. The van der Waals surface area contributed by atoms with E-state index in [0.29, 0.717) is 11.4 Å². The Kier molecular flexibility index (Phi) is 3.42. The van der Waals surface area contributed by atoms with Crippen molar-refractivity contribution < 1.29 is 13.5 Å². The number of aliphatic hydroxyl groups excluding tert-OH is 1. The number of nitrogens with zero attached hydrogens (tertiary/aromatic N) is 3. The highest BCUT2D eigenvalue weighted by atomic mass is 32.2. The van der Waals surface area contributed by atoms with E-state index in [-0.39, 0.29) is 11.5 Å². The van der Waals surface area contributed by atoms with Crippen molar-refractivity contribution in [1.29, 1.82) is 0 Å². The molecule has 2 rings (SSSR count). The van der Waals surface area contributed by atoms with Crippen LogP contribution in [0, 0.1) is 13.8 Å². The molecule has 0 bridgehead atoms. The normalized spacial score (nSPS) is 11.8. The van der Waals surface area contributed by atoms with E-state index in [0.717, 1.165) is 17.5 Å². The number of aromatic nitrogens is 3. The number of hydrogen-bond donors (Lipinski definition) is 1. The van der Waals surface area contributed by atoms with Gasteiger partial charge in [0.15, 0.2) is 15.7 Å². The van der Waals surface area contributed by atoms with Gasteiger partial charge in [0.05, 0.1) is 19.0 Å². The van der Waals surface area contributed by atoms with E-state index in [9.17, 15) is 13.5 Å². The van der Waals surface area contributed by atoms with Crippen LogP contribution in [0.3, 0.4) is 0 Å². The van der Waals surface area contributed by atoms with Gasteiger partial charge in [0, 0.05) is 17.5 Å². The lowest BCUT2D eigenvalue weighted by atomic mass is 10.1. The van der Waals surface area contributed by atoms with Crippen LogP contribution >= 0.6 is 0 Å². The third kappa shape index (κ3) is 2.66. The van der Waals surface area contributed by atoms with Crippen LogP contribution in [0.2, 0.25) is 0 Å². The summed E-state index contributed by atoms with van der Waals surface area (Å²) >= 11 is 0. The number of aliphatic hydroxyl groups is 1. The molecular formula is C12H15N3O3S. The third-order valence-corrected chi connectivity index (χ3v) is 3.88. The summed E-state index contributed by atoms with van der Waals surface area (Å²) in [7, 11) is -3.30. The first kappa shape index (κ1) is 13.7. The molecule has 7 heteroatoms. The summed E-state index contributed by atoms with van der Waals surface area (Å²) in [5.74, 6) is 0.454. The first-order valence-electron chi connectivity index (χ1n) is 5.66. The summed E-state index contributed by atoms with van der Waals surface area (Å²) in [6.45, 7) is 3.52. The van der Waals surface area contributed by atoms with Gasteiger partial charge in [-0.15, -0.1) is 0 Å². The Morgan fingerprint density at radius 3 is 2.58 bits per heavy atom. The Morgan fingerprint density at radius 2 is 2.05 bits per heavy atom. The molecule has 0 aliphatic rings. The smallest absolute Gasteiger partial charge is 0.178 e. The molecule has 0 atom stereocenters. The number of pyridine rings is 1. The molecule has 6 nitrogen and oxygen atoms in total. The lowest BCUT2D eigenvalue weighted by Gasteiger charge is -2.10. The zero-order valence-electron chi connectivity index (χ0n) is 11.0. The van der Waals surface area contributed by atoms with Gasteiger partial charge in [0.25, 0.3) is 0 Å². The molecule has 1 N–H and O–H groups in total. The van der Waals surface area contributed by atoms with Crippen molar-refractivity contribution in [2.75, 3.05) is 6.26 Å². The van der Waals surface area contributed by atoms with Crippen LogP contribution in [0.15, 0.2) is 23.4 Å². The minimum absolute atomic E-state index is 0.123. The standard InChI is InChI=1S/C12H15N3O3S/c1-8-4-9(2)14-12(11(8)7-16)15-6-10(5-13-15)19(3,17)18/h4-6,16H,7H2,1-3H3. The van der Waals surface area contributed by atoms with Crippen molar-refractivity contribution in [3.05, 3.63) is 35.3 Å². The number of rotatable bonds is 3. The molecule has 0 saturated carbocycles. The molecule has 0 aliphatic heterocycles.